The number of nitro benzene ring substituents is 1. The summed E-state index contributed by atoms with van der Waals surface area (Å²) >= 11 is 0. The first kappa shape index (κ1) is 18.7. The maximum absolute atomic E-state index is 12.5. The average Bonchev–Trinajstić information content (AvgIpc) is 3.29. The van der Waals surface area contributed by atoms with Gasteiger partial charge in [0, 0.05) is 18.7 Å². The Morgan fingerprint density at radius 1 is 1.07 bits per heavy atom. The van der Waals surface area contributed by atoms with E-state index < -0.39 is 29.1 Å². The van der Waals surface area contributed by atoms with E-state index in [1.807, 2.05) is 30.3 Å². The molecule has 1 aromatic heterocycles. The van der Waals surface area contributed by atoms with E-state index in [-0.39, 0.29) is 12.2 Å². The lowest BCUT2D eigenvalue weighted by atomic mass is 10.1. The van der Waals surface area contributed by atoms with Crippen LogP contribution in [0, 0.1) is 10.1 Å². The molecule has 0 unspecified atom stereocenters. The smallest absolute Gasteiger partial charge is 0.269 e. The molecule has 2 N–H and O–H groups in total. The van der Waals surface area contributed by atoms with Gasteiger partial charge in [0.05, 0.1) is 16.8 Å². The summed E-state index contributed by atoms with van der Waals surface area (Å²) in [5, 5.41) is 39.4. The van der Waals surface area contributed by atoms with E-state index in [1.54, 1.807) is 0 Å². The third kappa shape index (κ3) is 3.46. The number of hydrogen-bond acceptors (Lipinski definition) is 7. The number of likely N-dealkylation sites (tertiary alicyclic amines) is 1. The van der Waals surface area contributed by atoms with Crippen molar-refractivity contribution in [3.63, 3.8) is 0 Å². The molecule has 2 heterocycles. The van der Waals surface area contributed by atoms with Crippen molar-refractivity contribution in [3.8, 4) is 5.69 Å². The van der Waals surface area contributed by atoms with Crippen LogP contribution in [0.2, 0.25) is 0 Å². The molecule has 3 aromatic rings. The highest BCUT2D eigenvalue weighted by Gasteiger charge is 2.48. The quantitative estimate of drug-likeness (QED) is 0.486. The number of benzene rings is 2. The van der Waals surface area contributed by atoms with Gasteiger partial charge in [0.25, 0.3) is 11.6 Å². The zero-order valence-corrected chi connectivity index (χ0v) is 15.1. The van der Waals surface area contributed by atoms with Crippen LogP contribution in [0.1, 0.15) is 17.3 Å². The first-order valence-corrected chi connectivity index (χ1v) is 8.83. The predicted octanol–water partition coefficient (Wildman–Crippen LogP) is 0.981. The van der Waals surface area contributed by atoms with E-state index in [2.05, 4.69) is 10.3 Å². The minimum Gasteiger partial charge on any atom is -0.387 e. The summed E-state index contributed by atoms with van der Waals surface area (Å²) in [5.74, 6) is -0.587. The zero-order chi connectivity index (χ0) is 20.5. The molecule has 1 aliphatic heterocycles. The van der Waals surface area contributed by atoms with Crippen LogP contribution in [0.3, 0.4) is 0 Å². The number of non-ortho nitro benzene ring substituents is 1. The fraction of sp³-hybridized carbons (Fsp3) is 0.211. The van der Waals surface area contributed by atoms with Gasteiger partial charge in [-0.15, -0.1) is 5.10 Å². The molecule has 0 bridgehead atoms. The monoisotopic (exact) mass is 395 g/mol. The number of nitro groups is 1. The second kappa shape index (κ2) is 7.41. The number of nitrogens with zero attached hydrogens (tertiary/aromatic N) is 5. The van der Waals surface area contributed by atoms with Gasteiger partial charge in [-0.05, 0) is 17.7 Å². The Hall–Kier alpha value is -3.63. The van der Waals surface area contributed by atoms with Crippen molar-refractivity contribution in [3.05, 3.63) is 82.2 Å². The van der Waals surface area contributed by atoms with Crippen molar-refractivity contribution in [2.75, 3.05) is 0 Å². The van der Waals surface area contributed by atoms with Gasteiger partial charge in [0.2, 0.25) is 0 Å². The Morgan fingerprint density at radius 2 is 1.76 bits per heavy atom. The Labute approximate surface area is 164 Å². The number of carbonyl (C=O) groups excluding carboxylic acids is 1. The Bertz CT molecular complexity index is 1040. The summed E-state index contributed by atoms with van der Waals surface area (Å²) in [5.41, 5.74) is 1.62. The number of aliphatic hydroxyl groups is 2. The standard InChI is InChI=1S/C19H17N5O5/c25-17-16(22(19(27)18(17)26)10-12-4-2-1-3-5-12)15-11-23(21-20-15)13-6-8-14(9-7-13)24(28)29/h1-9,11,16-18,25-26H,10H2/t16-,17+,18-/m1/s1. The summed E-state index contributed by atoms with van der Waals surface area (Å²) in [4.78, 5) is 24.1. The highest BCUT2D eigenvalue weighted by atomic mass is 16.6. The number of aromatic nitrogens is 3. The molecule has 0 saturated carbocycles. The lowest BCUT2D eigenvalue weighted by Gasteiger charge is -2.24. The highest BCUT2D eigenvalue weighted by molar-refractivity contribution is 5.84. The van der Waals surface area contributed by atoms with Crippen molar-refractivity contribution in [2.45, 2.75) is 24.8 Å². The van der Waals surface area contributed by atoms with Crippen LogP contribution in [-0.2, 0) is 11.3 Å². The van der Waals surface area contributed by atoms with Crippen molar-refractivity contribution < 1.29 is 19.9 Å². The van der Waals surface area contributed by atoms with Crippen LogP contribution < -0.4 is 0 Å². The van der Waals surface area contributed by atoms with E-state index in [0.717, 1.165) is 5.56 Å². The lowest BCUT2D eigenvalue weighted by Crippen LogP contribution is -2.30. The molecular weight excluding hydrogens is 378 g/mol. The fourth-order valence-electron chi connectivity index (χ4n) is 3.37. The van der Waals surface area contributed by atoms with E-state index in [4.69, 9.17) is 0 Å². The second-order valence-corrected chi connectivity index (χ2v) is 6.69. The summed E-state index contributed by atoms with van der Waals surface area (Å²) in [7, 11) is 0. The van der Waals surface area contributed by atoms with Crippen LogP contribution in [0.4, 0.5) is 5.69 Å². The molecule has 0 spiro atoms. The summed E-state index contributed by atoms with van der Waals surface area (Å²) in [6.45, 7) is 0.197. The maximum Gasteiger partial charge on any atom is 0.269 e. The Balaban J connectivity index is 1.63. The van der Waals surface area contributed by atoms with Crippen molar-refractivity contribution in [1.82, 2.24) is 19.9 Å². The van der Waals surface area contributed by atoms with Crippen LogP contribution in [0.25, 0.3) is 5.69 Å². The maximum atomic E-state index is 12.5. The molecule has 29 heavy (non-hydrogen) atoms. The number of rotatable bonds is 5. The first-order valence-electron chi connectivity index (χ1n) is 8.83. The van der Waals surface area contributed by atoms with Crippen LogP contribution >= 0.6 is 0 Å². The lowest BCUT2D eigenvalue weighted by molar-refractivity contribution is -0.384. The summed E-state index contributed by atoms with van der Waals surface area (Å²) in [6.07, 6.45) is -1.38. The Kier molecular flexibility index (Phi) is 4.79. The van der Waals surface area contributed by atoms with E-state index in [0.29, 0.717) is 11.4 Å². The van der Waals surface area contributed by atoms with Gasteiger partial charge in [-0.2, -0.15) is 0 Å². The average molecular weight is 395 g/mol. The number of aliphatic hydroxyl groups excluding tert-OH is 2. The van der Waals surface area contributed by atoms with Gasteiger partial charge in [-0.25, -0.2) is 4.68 Å². The Morgan fingerprint density at radius 3 is 2.41 bits per heavy atom. The van der Waals surface area contributed by atoms with E-state index in [9.17, 15) is 25.1 Å². The van der Waals surface area contributed by atoms with E-state index >= 15 is 0 Å². The van der Waals surface area contributed by atoms with Crippen LogP contribution in [-0.4, -0.2) is 53.1 Å². The summed E-state index contributed by atoms with van der Waals surface area (Å²) in [6, 6.07) is 14.1. The second-order valence-electron chi connectivity index (χ2n) is 6.69. The third-order valence-corrected chi connectivity index (χ3v) is 4.85. The number of carbonyl (C=O) groups is 1. The van der Waals surface area contributed by atoms with Crippen molar-refractivity contribution >= 4 is 11.6 Å². The van der Waals surface area contributed by atoms with Crippen LogP contribution in [0.15, 0.2) is 60.8 Å². The number of amides is 1. The van der Waals surface area contributed by atoms with Gasteiger partial charge in [0.1, 0.15) is 17.8 Å². The molecule has 0 aliphatic carbocycles. The highest BCUT2D eigenvalue weighted by Crippen LogP contribution is 2.34. The van der Waals surface area contributed by atoms with E-state index in [1.165, 1.54) is 40.0 Å². The van der Waals surface area contributed by atoms with Gasteiger partial charge in [-0.1, -0.05) is 35.5 Å². The first-order chi connectivity index (χ1) is 14.0. The minimum atomic E-state index is -1.55. The van der Waals surface area contributed by atoms with Crippen molar-refractivity contribution in [2.24, 2.45) is 0 Å². The molecule has 2 aromatic carbocycles. The molecule has 3 atom stereocenters. The molecule has 0 radical (unpaired) electrons. The van der Waals surface area contributed by atoms with Gasteiger partial charge >= 0.3 is 0 Å². The van der Waals surface area contributed by atoms with Crippen LogP contribution in [0.5, 0.6) is 0 Å². The molecule has 1 aliphatic rings. The topological polar surface area (TPSA) is 135 Å². The molecule has 4 rings (SSSR count). The molecule has 1 amide bonds. The largest absolute Gasteiger partial charge is 0.387 e. The third-order valence-electron chi connectivity index (χ3n) is 4.85. The molecule has 148 valence electrons. The SMILES string of the molecule is O=C1[C@H](O)[C@@H](O)[C@@H](c2cn(-c3ccc([N+](=O)[O-])cc3)nn2)N1Cc1ccccc1. The van der Waals surface area contributed by atoms with Crippen molar-refractivity contribution in [1.29, 1.82) is 0 Å². The fourth-order valence-corrected chi connectivity index (χ4v) is 3.37. The van der Waals surface area contributed by atoms with Gasteiger partial charge < -0.3 is 15.1 Å². The van der Waals surface area contributed by atoms with Gasteiger partial charge in [-0.3, -0.25) is 14.9 Å². The minimum absolute atomic E-state index is 0.0527. The molecule has 1 fully saturated rings. The molecule has 10 heteroatoms. The normalized spacial score (nSPS) is 21.5. The molecule has 10 nitrogen and oxygen atoms in total. The number of hydrogen-bond donors (Lipinski definition) is 2. The summed E-state index contributed by atoms with van der Waals surface area (Å²) < 4.78 is 1.39. The van der Waals surface area contributed by atoms with Gasteiger partial charge in [0.15, 0.2) is 6.10 Å². The predicted molar refractivity (Wildman–Crippen MR) is 99.8 cm³/mol. The molecular formula is C19H17N5O5. The zero-order valence-electron chi connectivity index (χ0n) is 15.1. The molecule has 1 saturated heterocycles.